The van der Waals surface area contributed by atoms with Gasteiger partial charge in [-0.2, -0.15) is 0 Å². The third kappa shape index (κ3) is 11.1. The zero-order valence-corrected chi connectivity index (χ0v) is 5.49. The number of rotatable bonds is 0. The van der Waals surface area contributed by atoms with Gasteiger partial charge in [-0.3, -0.25) is 0 Å². The van der Waals surface area contributed by atoms with Crippen molar-refractivity contribution < 1.29 is 49.3 Å². The van der Waals surface area contributed by atoms with Crippen molar-refractivity contribution in [3.8, 4) is 0 Å². The summed E-state index contributed by atoms with van der Waals surface area (Å²) in [5.41, 5.74) is 0. The van der Waals surface area contributed by atoms with Crippen molar-refractivity contribution in [3.63, 3.8) is 0 Å². The van der Waals surface area contributed by atoms with Crippen LogP contribution in [0.3, 0.4) is 0 Å². The van der Waals surface area contributed by atoms with E-state index in [0.29, 0.717) is 0 Å². The van der Waals surface area contributed by atoms with Crippen LogP contribution in [0.15, 0.2) is 0 Å². The monoisotopic (exact) mass is 103 g/mol. The largest absolute Gasteiger partial charge is 2.00 e. The van der Waals surface area contributed by atoms with E-state index in [1.54, 1.807) is 0 Å². The minimum atomic E-state index is 0. The fourth-order valence-corrected chi connectivity index (χ4v) is 0. The van der Waals surface area contributed by atoms with E-state index in [0.717, 1.165) is 0 Å². The summed E-state index contributed by atoms with van der Waals surface area (Å²) >= 11 is 0. The number of hydrogen-bond acceptors (Lipinski definition) is 0. The van der Waals surface area contributed by atoms with E-state index in [2.05, 4.69) is 0 Å². The molecule has 0 fully saturated rings. The number of hydrogen-bond donors (Lipinski definition) is 0. The van der Waals surface area contributed by atoms with E-state index in [4.69, 9.17) is 0 Å². The van der Waals surface area contributed by atoms with Crippen LogP contribution in [0.4, 0.5) is 0 Å². The Morgan fingerprint density at radius 3 is 1.00 bits per heavy atom. The molecular weight excluding hydrogens is 104 g/mol. The molecule has 0 aliphatic rings. The van der Waals surface area contributed by atoms with E-state index in [-0.39, 0.29) is 49.3 Å². The molecule has 0 spiro atoms. The Morgan fingerprint density at radius 1 is 1.00 bits per heavy atom. The van der Waals surface area contributed by atoms with Crippen LogP contribution in [0.5, 0.6) is 0 Å². The van der Waals surface area contributed by atoms with Gasteiger partial charge >= 0.3 is 43.8 Å². The summed E-state index contributed by atoms with van der Waals surface area (Å²) in [5.74, 6) is 0. The maximum absolute atomic E-state index is 0. The van der Waals surface area contributed by atoms with Crippen LogP contribution in [-0.2, 0) is 30.4 Å². The van der Waals surface area contributed by atoms with Crippen LogP contribution in [0.2, 0.25) is 0 Å². The van der Waals surface area contributed by atoms with Gasteiger partial charge in [-0.1, -0.05) is 0 Å². The Kier molecular flexibility index (Phi) is 531. The van der Waals surface area contributed by atoms with Crippen LogP contribution in [-0.4, -0.2) is 0 Å². The molecule has 0 aliphatic carbocycles. The fraction of sp³-hybridized carbons (Fsp3) is 0. The molecule has 0 N–H and O–H groups in total. The average Bonchev–Trinajstić information content (AvgIpc) is 0. The molecular formula is LiO2Zn+3. The molecule has 0 unspecified atom stereocenters. The molecule has 0 atom stereocenters. The van der Waals surface area contributed by atoms with Gasteiger partial charge in [0, 0.05) is 0 Å². The second kappa shape index (κ2) is 31.4. The Balaban J connectivity index is 0. The molecule has 2 nitrogen and oxygen atoms in total. The molecule has 0 rings (SSSR count). The predicted octanol–water partition coefficient (Wildman–Crippen LogP) is -3.24. The van der Waals surface area contributed by atoms with Crippen LogP contribution in [0.1, 0.15) is 0 Å². The normalized spacial score (nSPS) is 0. The first-order valence-electron chi connectivity index (χ1n) is 0. The molecule has 4 heavy (non-hydrogen) atoms. The molecule has 0 saturated carbocycles. The first-order valence-corrected chi connectivity index (χ1v) is 0. The molecule has 0 aromatic carbocycles. The zero-order valence-electron chi connectivity index (χ0n) is 2.52. The first kappa shape index (κ1) is 67.7. The summed E-state index contributed by atoms with van der Waals surface area (Å²) in [6.07, 6.45) is 0. The molecule has 0 bridgehead atoms. The average molecular weight is 104 g/mol. The third-order valence-corrected chi connectivity index (χ3v) is 0. The zero-order chi connectivity index (χ0) is 0. The first-order chi connectivity index (χ1) is 0. The second-order valence-corrected chi connectivity index (χ2v) is 0. The molecule has 0 amide bonds. The standard InChI is InChI=1S/Li.2O.Zn/q+1;-2;2*+2. The quantitative estimate of drug-likeness (QED) is 0.290. The van der Waals surface area contributed by atoms with E-state index in [9.17, 15) is 0 Å². The SMILES string of the molecule is [Li+].[O+2].[O-2].[Zn+2]. The van der Waals surface area contributed by atoms with Gasteiger partial charge < -0.3 is 5.48 Å². The van der Waals surface area contributed by atoms with E-state index >= 15 is 0 Å². The summed E-state index contributed by atoms with van der Waals surface area (Å²) in [4.78, 5) is 0. The third-order valence-electron chi connectivity index (χ3n) is 0. The summed E-state index contributed by atoms with van der Waals surface area (Å²) in [5, 5.41) is 0. The predicted molar refractivity (Wildman–Crippen MR) is 1.37 cm³/mol. The Hall–Kier alpha value is 1.14. The molecule has 0 aromatic rings. The van der Waals surface area contributed by atoms with Crippen molar-refractivity contribution in [1.82, 2.24) is 0 Å². The van der Waals surface area contributed by atoms with Gasteiger partial charge in [0.1, 0.15) is 0 Å². The molecule has 12 valence electrons. The van der Waals surface area contributed by atoms with Gasteiger partial charge in [-0.05, 0) is 0 Å². The molecule has 0 heterocycles. The minimum Gasteiger partial charge on any atom is -2.00 e. The van der Waals surface area contributed by atoms with E-state index < -0.39 is 0 Å². The fourth-order valence-electron chi connectivity index (χ4n) is 0. The van der Waals surface area contributed by atoms with Gasteiger partial charge in [-0.25, -0.2) is 0 Å². The van der Waals surface area contributed by atoms with Crippen molar-refractivity contribution in [1.29, 1.82) is 0 Å². The Morgan fingerprint density at radius 2 is 1.00 bits per heavy atom. The van der Waals surface area contributed by atoms with Crippen molar-refractivity contribution in [2.45, 2.75) is 0 Å². The molecule has 4 heteroatoms. The summed E-state index contributed by atoms with van der Waals surface area (Å²) in [6, 6.07) is 0. The molecule has 0 aliphatic heterocycles. The summed E-state index contributed by atoms with van der Waals surface area (Å²) in [6.45, 7) is 0. The smallest absolute Gasteiger partial charge is 2.00 e. The molecule has 4 radical (unpaired) electrons. The van der Waals surface area contributed by atoms with Gasteiger partial charge in [0.2, 0.25) is 0 Å². The van der Waals surface area contributed by atoms with Gasteiger partial charge in [0.25, 0.3) is 0 Å². The van der Waals surface area contributed by atoms with E-state index in [1.807, 2.05) is 0 Å². The van der Waals surface area contributed by atoms with Gasteiger partial charge in [0.05, 0.1) is 0 Å². The minimum absolute atomic E-state index is 0. The van der Waals surface area contributed by atoms with Crippen molar-refractivity contribution >= 4 is 0 Å². The van der Waals surface area contributed by atoms with Crippen molar-refractivity contribution in [2.24, 2.45) is 0 Å². The van der Waals surface area contributed by atoms with Crippen LogP contribution >= 0.6 is 0 Å². The van der Waals surface area contributed by atoms with Crippen LogP contribution in [0, 0.1) is 0 Å². The second-order valence-electron chi connectivity index (χ2n) is 0. The van der Waals surface area contributed by atoms with Crippen molar-refractivity contribution in [2.75, 3.05) is 0 Å². The summed E-state index contributed by atoms with van der Waals surface area (Å²) < 4.78 is 0. The molecule has 0 aromatic heterocycles. The summed E-state index contributed by atoms with van der Waals surface area (Å²) in [7, 11) is 0. The maximum Gasteiger partial charge on any atom is 2.00 e. The van der Waals surface area contributed by atoms with Gasteiger partial charge in [0.15, 0.2) is 0 Å². The van der Waals surface area contributed by atoms with E-state index in [1.165, 1.54) is 0 Å². The van der Waals surface area contributed by atoms with Crippen LogP contribution in [0.25, 0.3) is 0 Å². The van der Waals surface area contributed by atoms with Gasteiger partial charge in [-0.15, -0.1) is 0 Å². The Labute approximate surface area is 49.5 Å². The topological polar surface area (TPSA) is 57.0 Å². The molecule has 0 saturated heterocycles. The maximum atomic E-state index is 0. The van der Waals surface area contributed by atoms with Crippen molar-refractivity contribution in [3.05, 3.63) is 0 Å². The Bertz CT molecular complexity index is 6.00. The van der Waals surface area contributed by atoms with Crippen LogP contribution < -0.4 is 18.9 Å².